The van der Waals surface area contributed by atoms with Crippen molar-refractivity contribution in [3.8, 4) is 0 Å². The maximum Gasteiger partial charge on any atom is 0.305 e. The van der Waals surface area contributed by atoms with Crippen molar-refractivity contribution in [2.24, 2.45) is 0 Å². The minimum absolute atomic E-state index is 0.0355. The Morgan fingerprint density at radius 1 is 1.45 bits per heavy atom. The number of ether oxygens (including phenoxy) is 1. The van der Waals surface area contributed by atoms with Crippen molar-refractivity contribution in [2.75, 3.05) is 6.61 Å². The number of carbonyl (C=O) groups is 1. The van der Waals surface area contributed by atoms with Crippen molar-refractivity contribution >= 4 is 14.0 Å². The second kappa shape index (κ2) is 3.90. The van der Waals surface area contributed by atoms with E-state index in [-0.39, 0.29) is 11.5 Å². The number of hydrogen-bond donors (Lipinski definition) is 0. The van der Waals surface area contributed by atoms with Crippen molar-refractivity contribution in [2.45, 2.75) is 39.0 Å². The van der Waals surface area contributed by atoms with Crippen LogP contribution in [-0.2, 0) is 9.53 Å². The van der Waals surface area contributed by atoms with Crippen LogP contribution in [0.4, 0.5) is 0 Å². The molecule has 3 heteroatoms. The minimum atomic E-state index is -1.34. The van der Waals surface area contributed by atoms with Gasteiger partial charge in [0.15, 0.2) is 0 Å². The lowest BCUT2D eigenvalue weighted by atomic mass is 10.5. The molecular formula is C8H18O2Si. The third-order valence-electron chi connectivity index (χ3n) is 1.94. The van der Waals surface area contributed by atoms with Gasteiger partial charge in [-0.05, 0) is 6.92 Å². The Morgan fingerprint density at radius 3 is 2.18 bits per heavy atom. The summed E-state index contributed by atoms with van der Waals surface area (Å²) >= 11 is 0. The lowest BCUT2D eigenvalue weighted by Gasteiger charge is -2.22. The van der Waals surface area contributed by atoms with Crippen LogP contribution >= 0.6 is 0 Å². The van der Waals surface area contributed by atoms with E-state index in [4.69, 9.17) is 4.74 Å². The Kier molecular flexibility index (Phi) is 3.79. The van der Waals surface area contributed by atoms with Crippen molar-refractivity contribution in [3.05, 3.63) is 0 Å². The van der Waals surface area contributed by atoms with Crippen LogP contribution in [0.3, 0.4) is 0 Å². The predicted octanol–water partition coefficient (Wildman–Crippen LogP) is 2.28. The molecule has 0 spiro atoms. The zero-order valence-corrected chi connectivity index (χ0v) is 9.10. The van der Waals surface area contributed by atoms with Gasteiger partial charge in [-0.3, -0.25) is 4.79 Å². The summed E-state index contributed by atoms with van der Waals surface area (Å²) in [6.45, 7) is 10.8. The predicted molar refractivity (Wildman–Crippen MR) is 49.4 cm³/mol. The molecule has 0 aromatic carbocycles. The van der Waals surface area contributed by atoms with Crippen LogP contribution in [0.15, 0.2) is 0 Å². The van der Waals surface area contributed by atoms with E-state index in [2.05, 4.69) is 19.6 Å². The second-order valence-electron chi connectivity index (χ2n) is 3.84. The summed E-state index contributed by atoms with van der Waals surface area (Å²) in [5, 5.41) is 0. The fourth-order valence-corrected chi connectivity index (χ4v) is 1.41. The normalized spacial score (nSPS) is 14.3. The molecule has 0 radical (unpaired) electrons. The lowest BCUT2D eigenvalue weighted by molar-refractivity contribution is -0.142. The summed E-state index contributed by atoms with van der Waals surface area (Å²) in [4.78, 5) is 11.2. The van der Waals surface area contributed by atoms with E-state index in [9.17, 15) is 4.79 Å². The van der Waals surface area contributed by atoms with Gasteiger partial charge in [0.25, 0.3) is 0 Å². The molecule has 11 heavy (non-hydrogen) atoms. The molecule has 0 bridgehead atoms. The van der Waals surface area contributed by atoms with Crippen LogP contribution in [-0.4, -0.2) is 20.7 Å². The largest absolute Gasteiger partial charge is 0.466 e. The third-order valence-corrected chi connectivity index (χ3v) is 4.77. The van der Waals surface area contributed by atoms with Crippen LogP contribution in [0.25, 0.3) is 0 Å². The van der Waals surface area contributed by atoms with Gasteiger partial charge in [-0.15, -0.1) is 0 Å². The monoisotopic (exact) mass is 174 g/mol. The van der Waals surface area contributed by atoms with Crippen LogP contribution in [0.5, 0.6) is 0 Å². The summed E-state index contributed by atoms with van der Waals surface area (Å²) < 4.78 is 4.93. The summed E-state index contributed by atoms with van der Waals surface area (Å²) in [6.07, 6.45) is 0. The average molecular weight is 174 g/mol. The van der Waals surface area contributed by atoms with Gasteiger partial charge in [-0.1, -0.05) is 26.6 Å². The first-order chi connectivity index (χ1) is 4.89. The van der Waals surface area contributed by atoms with E-state index < -0.39 is 8.07 Å². The minimum Gasteiger partial charge on any atom is -0.466 e. The van der Waals surface area contributed by atoms with Crippen molar-refractivity contribution in [1.82, 2.24) is 0 Å². The van der Waals surface area contributed by atoms with Gasteiger partial charge in [0, 0.05) is 5.54 Å². The van der Waals surface area contributed by atoms with E-state index in [1.807, 2.05) is 13.8 Å². The number of rotatable bonds is 3. The van der Waals surface area contributed by atoms with Gasteiger partial charge in [0.1, 0.15) is 0 Å². The van der Waals surface area contributed by atoms with Crippen LogP contribution in [0.2, 0.25) is 25.2 Å². The standard InChI is InChI=1S/C8H18O2Si/c1-6-10-8(9)7(2)11(3,4)5/h7H,6H2,1-5H3. The molecule has 0 aromatic rings. The zero-order valence-electron chi connectivity index (χ0n) is 8.10. The van der Waals surface area contributed by atoms with E-state index in [1.165, 1.54) is 0 Å². The molecule has 0 fully saturated rings. The van der Waals surface area contributed by atoms with Crippen molar-refractivity contribution < 1.29 is 9.53 Å². The quantitative estimate of drug-likeness (QED) is 0.484. The molecule has 0 heterocycles. The average Bonchev–Trinajstić information content (AvgIpc) is 1.85. The number of esters is 1. The van der Waals surface area contributed by atoms with Gasteiger partial charge in [-0.2, -0.15) is 0 Å². The Balaban J connectivity index is 4.03. The Morgan fingerprint density at radius 2 is 1.91 bits per heavy atom. The molecule has 66 valence electrons. The summed E-state index contributed by atoms with van der Waals surface area (Å²) in [5.41, 5.74) is 0.113. The SMILES string of the molecule is CCOC(=O)C(C)[Si](C)(C)C. The number of carbonyl (C=O) groups excluding carboxylic acids is 1. The van der Waals surface area contributed by atoms with Gasteiger partial charge < -0.3 is 4.74 Å². The lowest BCUT2D eigenvalue weighted by Crippen LogP contribution is -2.32. The van der Waals surface area contributed by atoms with Gasteiger partial charge >= 0.3 is 5.97 Å². The van der Waals surface area contributed by atoms with E-state index >= 15 is 0 Å². The Hall–Kier alpha value is -0.313. The van der Waals surface area contributed by atoms with E-state index in [1.54, 1.807) is 0 Å². The number of hydrogen-bond acceptors (Lipinski definition) is 2. The van der Waals surface area contributed by atoms with Crippen molar-refractivity contribution in [3.63, 3.8) is 0 Å². The van der Waals surface area contributed by atoms with Crippen LogP contribution in [0, 0.1) is 0 Å². The first-order valence-electron chi connectivity index (χ1n) is 4.06. The zero-order chi connectivity index (χ0) is 9.07. The van der Waals surface area contributed by atoms with Crippen LogP contribution in [0.1, 0.15) is 13.8 Å². The summed E-state index contributed by atoms with van der Waals surface area (Å²) in [7, 11) is -1.34. The molecule has 0 aliphatic heterocycles. The van der Waals surface area contributed by atoms with Crippen LogP contribution < -0.4 is 0 Å². The highest BCUT2D eigenvalue weighted by Crippen LogP contribution is 2.21. The first-order valence-corrected chi connectivity index (χ1v) is 7.64. The second-order valence-corrected chi connectivity index (χ2v) is 9.44. The van der Waals surface area contributed by atoms with E-state index in [0.29, 0.717) is 6.61 Å². The fraction of sp³-hybridized carbons (Fsp3) is 0.875. The highest BCUT2D eigenvalue weighted by Gasteiger charge is 2.29. The highest BCUT2D eigenvalue weighted by atomic mass is 28.3. The van der Waals surface area contributed by atoms with Crippen molar-refractivity contribution in [1.29, 1.82) is 0 Å². The molecule has 2 nitrogen and oxygen atoms in total. The Bertz CT molecular complexity index is 138. The summed E-state index contributed by atoms with van der Waals surface area (Å²) in [6, 6.07) is 0. The highest BCUT2D eigenvalue weighted by molar-refractivity contribution is 6.80. The molecule has 1 atom stereocenters. The molecule has 0 N–H and O–H groups in total. The first kappa shape index (κ1) is 10.7. The molecule has 0 aliphatic carbocycles. The molecular weight excluding hydrogens is 156 g/mol. The molecule has 0 saturated heterocycles. The smallest absolute Gasteiger partial charge is 0.305 e. The molecule has 0 saturated carbocycles. The third kappa shape index (κ3) is 3.56. The van der Waals surface area contributed by atoms with E-state index in [0.717, 1.165) is 0 Å². The molecule has 0 aromatic heterocycles. The molecule has 0 rings (SSSR count). The van der Waals surface area contributed by atoms with Gasteiger partial charge in [-0.25, -0.2) is 0 Å². The Labute approximate surface area is 69.9 Å². The van der Waals surface area contributed by atoms with Gasteiger partial charge in [0.2, 0.25) is 0 Å². The molecule has 0 aliphatic rings. The summed E-state index contributed by atoms with van der Waals surface area (Å²) in [5.74, 6) is -0.0355. The molecule has 0 amide bonds. The van der Waals surface area contributed by atoms with Gasteiger partial charge in [0.05, 0.1) is 14.7 Å². The topological polar surface area (TPSA) is 26.3 Å². The fourth-order valence-electron chi connectivity index (χ4n) is 0.621. The molecule has 1 unspecified atom stereocenters. The maximum atomic E-state index is 11.2. The maximum absolute atomic E-state index is 11.2.